The Morgan fingerprint density at radius 2 is 2.11 bits per heavy atom. The molecule has 1 aromatic rings. The van der Waals surface area contributed by atoms with Crippen LogP contribution in [-0.4, -0.2) is 44.2 Å². The Kier molecular flexibility index (Phi) is 5.95. The smallest absolute Gasteiger partial charge is 0.120 e. The predicted molar refractivity (Wildman–Crippen MR) is 80.3 cm³/mol. The zero-order valence-corrected chi connectivity index (χ0v) is 12.4. The number of nitrogens with one attached hydrogen (secondary N) is 1. The van der Waals surface area contributed by atoms with Crippen molar-refractivity contribution in [2.24, 2.45) is 0 Å². The highest BCUT2D eigenvalue weighted by Gasteiger charge is 2.09. The molecule has 0 atom stereocenters. The first kappa shape index (κ1) is 14.6. The van der Waals surface area contributed by atoms with Crippen molar-refractivity contribution in [1.29, 1.82) is 0 Å². The second kappa shape index (κ2) is 7.73. The quantitative estimate of drug-likeness (QED) is 0.868. The number of benzene rings is 1. The monoisotopic (exact) mass is 282 g/mol. The third kappa shape index (κ3) is 4.68. The lowest BCUT2D eigenvalue weighted by Gasteiger charge is -2.26. The Morgan fingerprint density at radius 1 is 1.32 bits per heavy atom. The van der Waals surface area contributed by atoms with E-state index >= 15 is 0 Å². The SMILES string of the molecule is CCCc1ccc(OCCN2CCNCC2)cc1Cl. The topological polar surface area (TPSA) is 24.5 Å². The summed E-state index contributed by atoms with van der Waals surface area (Å²) >= 11 is 6.24. The van der Waals surface area contributed by atoms with Crippen LogP contribution < -0.4 is 10.1 Å². The maximum Gasteiger partial charge on any atom is 0.120 e. The van der Waals surface area contributed by atoms with Gasteiger partial charge in [0.05, 0.1) is 0 Å². The van der Waals surface area contributed by atoms with Gasteiger partial charge in [0.25, 0.3) is 0 Å². The minimum atomic E-state index is 0.726. The van der Waals surface area contributed by atoms with E-state index in [9.17, 15) is 0 Å². The molecule has 0 spiro atoms. The second-order valence-corrected chi connectivity index (χ2v) is 5.35. The third-order valence-electron chi connectivity index (χ3n) is 3.43. The number of halogens is 1. The van der Waals surface area contributed by atoms with Crippen molar-refractivity contribution >= 4 is 11.6 Å². The minimum Gasteiger partial charge on any atom is -0.492 e. The van der Waals surface area contributed by atoms with Crippen molar-refractivity contribution in [3.63, 3.8) is 0 Å². The summed E-state index contributed by atoms with van der Waals surface area (Å²) in [7, 11) is 0. The molecular weight excluding hydrogens is 260 g/mol. The minimum absolute atomic E-state index is 0.726. The molecule has 1 saturated heterocycles. The van der Waals surface area contributed by atoms with Crippen molar-refractivity contribution < 1.29 is 4.74 Å². The molecule has 2 rings (SSSR count). The molecule has 1 N–H and O–H groups in total. The lowest BCUT2D eigenvalue weighted by molar-refractivity contribution is 0.191. The van der Waals surface area contributed by atoms with Gasteiger partial charge in [-0.15, -0.1) is 0 Å². The van der Waals surface area contributed by atoms with E-state index in [4.69, 9.17) is 16.3 Å². The molecule has 19 heavy (non-hydrogen) atoms. The van der Waals surface area contributed by atoms with E-state index in [-0.39, 0.29) is 0 Å². The summed E-state index contributed by atoms with van der Waals surface area (Å²) < 4.78 is 5.78. The third-order valence-corrected chi connectivity index (χ3v) is 3.78. The van der Waals surface area contributed by atoms with Crippen LogP contribution >= 0.6 is 11.6 Å². The number of rotatable bonds is 6. The Balaban J connectivity index is 1.77. The van der Waals surface area contributed by atoms with Crippen molar-refractivity contribution in [2.75, 3.05) is 39.3 Å². The molecule has 0 radical (unpaired) electrons. The molecule has 3 nitrogen and oxygen atoms in total. The van der Waals surface area contributed by atoms with Gasteiger partial charge in [0.1, 0.15) is 12.4 Å². The Labute approximate surface area is 120 Å². The molecule has 1 aromatic carbocycles. The molecule has 1 aliphatic heterocycles. The molecule has 0 bridgehead atoms. The van der Waals surface area contributed by atoms with Crippen LogP contribution in [0.25, 0.3) is 0 Å². The van der Waals surface area contributed by atoms with Gasteiger partial charge in [0.15, 0.2) is 0 Å². The van der Waals surface area contributed by atoms with Gasteiger partial charge in [-0.3, -0.25) is 4.90 Å². The van der Waals surface area contributed by atoms with Crippen LogP contribution in [0, 0.1) is 0 Å². The lowest BCUT2D eigenvalue weighted by Crippen LogP contribution is -2.44. The summed E-state index contributed by atoms with van der Waals surface area (Å²) in [4.78, 5) is 2.42. The number of hydrogen-bond donors (Lipinski definition) is 1. The molecule has 106 valence electrons. The van der Waals surface area contributed by atoms with Gasteiger partial charge < -0.3 is 10.1 Å². The maximum atomic E-state index is 6.24. The molecule has 0 aliphatic carbocycles. The lowest BCUT2D eigenvalue weighted by atomic mass is 10.1. The van der Waals surface area contributed by atoms with Crippen LogP contribution in [0.3, 0.4) is 0 Å². The summed E-state index contributed by atoms with van der Waals surface area (Å²) in [6.07, 6.45) is 2.14. The van der Waals surface area contributed by atoms with Crippen LogP contribution in [0.2, 0.25) is 5.02 Å². The normalized spacial score (nSPS) is 16.5. The highest BCUT2D eigenvalue weighted by Crippen LogP contribution is 2.23. The Bertz CT molecular complexity index is 392. The average molecular weight is 283 g/mol. The fourth-order valence-electron chi connectivity index (χ4n) is 2.32. The first-order valence-corrected chi connectivity index (χ1v) is 7.51. The molecule has 0 aromatic heterocycles. The summed E-state index contributed by atoms with van der Waals surface area (Å²) in [6, 6.07) is 6.03. The number of ether oxygens (including phenoxy) is 1. The number of hydrogen-bond acceptors (Lipinski definition) is 3. The number of piperazine rings is 1. The maximum absolute atomic E-state index is 6.24. The fraction of sp³-hybridized carbons (Fsp3) is 0.600. The van der Waals surface area contributed by atoms with E-state index in [0.29, 0.717) is 0 Å². The van der Waals surface area contributed by atoms with Gasteiger partial charge in [-0.05, 0) is 24.1 Å². The van der Waals surface area contributed by atoms with E-state index in [1.54, 1.807) is 0 Å². The average Bonchev–Trinajstić information content (AvgIpc) is 2.43. The van der Waals surface area contributed by atoms with Crippen LogP contribution in [-0.2, 0) is 6.42 Å². The summed E-state index contributed by atoms with van der Waals surface area (Å²) in [6.45, 7) is 8.25. The van der Waals surface area contributed by atoms with E-state index in [0.717, 1.165) is 62.9 Å². The van der Waals surface area contributed by atoms with E-state index in [2.05, 4.69) is 23.2 Å². The summed E-state index contributed by atoms with van der Waals surface area (Å²) in [5.74, 6) is 0.875. The van der Waals surface area contributed by atoms with Gasteiger partial charge in [0.2, 0.25) is 0 Å². The van der Waals surface area contributed by atoms with Crippen molar-refractivity contribution in [1.82, 2.24) is 10.2 Å². The van der Waals surface area contributed by atoms with Gasteiger partial charge in [-0.2, -0.15) is 0 Å². The Hall–Kier alpha value is -0.770. The predicted octanol–water partition coefficient (Wildman–Crippen LogP) is 2.58. The molecule has 1 heterocycles. The standard InChI is InChI=1S/C15H23ClN2O/c1-2-3-13-4-5-14(12-15(13)16)19-11-10-18-8-6-17-7-9-18/h4-5,12,17H,2-3,6-11H2,1H3. The molecule has 1 fully saturated rings. The summed E-state index contributed by atoms with van der Waals surface area (Å²) in [5, 5.41) is 4.17. The van der Waals surface area contributed by atoms with E-state index in [1.165, 1.54) is 5.56 Å². The van der Waals surface area contributed by atoms with Gasteiger partial charge >= 0.3 is 0 Å². The molecule has 4 heteroatoms. The molecule has 1 aliphatic rings. The Morgan fingerprint density at radius 3 is 2.79 bits per heavy atom. The fourth-order valence-corrected chi connectivity index (χ4v) is 2.58. The number of aryl methyl sites for hydroxylation is 1. The molecular formula is C15H23ClN2O. The van der Waals surface area contributed by atoms with Crippen molar-refractivity contribution in [3.8, 4) is 5.75 Å². The van der Waals surface area contributed by atoms with Gasteiger partial charge in [-0.25, -0.2) is 0 Å². The van der Waals surface area contributed by atoms with E-state index in [1.807, 2.05) is 12.1 Å². The van der Waals surface area contributed by atoms with E-state index < -0.39 is 0 Å². The highest BCUT2D eigenvalue weighted by atomic mass is 35.5. The van der Waals surface area contributed by atoms with Crippen molar-refractivity contribution in [3.05, 3.63) is 28.8 Å². The zero-order chi connectivity index (χ0) is 13.5. The number of nitrogens with zero attached hydrogens (tertiary/aromatic N) is 1. The zero-order valence-electron chi connectivity index (χ0n) is 11.6. The van der Waals surface area contributed by atoms with Crippen molar-refractivity contribution in [2.45, 2.75) is 19.8 Å². The van der Waals surface area contributed by atoms with Crippen LogP contribution in [0.4, 0.5) is 0 Å². The second-order valence-electron chi connectivity index (χ2n) is 4.94. The van der Waals surface area contributed by atoms with Gasteiger partial charge in [0, 0.05) is 37.7 Å². The highest BCUT2D eigenvalue weighted by molar-refractivity contribution is 6.31. The molecule has 0 amide bonds. The first-order chi connectivity index (χ1) is 9.29. The van der Waals surface area contributed by atoms with Gasteiger partial charge in [-0.1, -0.05) is 31.0 Å². The van der Waals surface area contributed by atoms with Crippen LogP contribution in [0.1, 0.15) is 18.9 Å². The molecule has 0 unspecified atom stereocenters. The first-order valence-electron chi connectivity index (χ1n) is 7.14. The van der Waals surface area contributed by atoms with Crippen LogP contribution in [0.15, 0.2) is 18.2 Å². The molecule has 0 saturated carbocycles. The summed E-state index contributed by atoms with van der Waals surface area (Å²) in [5.41, 5.74) is 1.21. The largest absolute Gasteiger partial charge is 0.492 e. The van der Waals surface area contributed by atoms with Crippen LogP contribution in [0.5, 0.6) is 5.75 Å².